The third-order valence-corrected chi connectivity index (χ3v) is 3.85. The van der Waals surface area contributed by atoms with Gasteiger partial charge in [0.2, 0.25) is 0 Å². The molecule has 1 fully saturated rings. The van der Waals surface area contributed by atoms with Gasteiger partial charge in [-0.2, -0.15) is 0 Å². The van der Waals surface area contributed by atoms with Crippen LogP contribution in [0.1, 0.15) is 52.2 Å². The molecule has 2 rings (SSSR count). The smallest absolute Gasteiger partial charge is 0.161 e. The van der Waals surface area contributed by atoms with Crippen LogP contribution in [-0.4, -0.2) is 19.8 Å². The van der Waals surface area contributed by atoms with E-state index in [1.807, 2.05) is 12.1 Å². The molecule has 3 heteroatoms. The maximum Gasteiger partial charge on any atom is 0.161 e. The third kappa shape index (κ3) is 3.09. The number of hydrogen-bond donors (Lipinski definition) is 0. The highest BCUT2D eigenvalue weighted by atomic mass is 16.5. The number of ether oxygens (including phenoxy) is 3. The largest absolute Gasteiger partial charge is 0.493 e. The van der Waals surface area contributed by atoms with E-state index in [9.17, 15) is 0 Å². The van der Waals surface area contributed by atoms with Gasteiger partial charge in [-0.15, -0.1) is 0 Å². The van der Waals surface area contributed by atoms with E-state index < -0.39 is 0 Å². The van der Waals surface area contributed by atoms with E-state index >= 15 is 0 Å². The Kier molecular flexibility index (Phi) is 4.59. The SMILES string of the molecule is CCCC(C)Oc1ccc(C2OCC2(C)C)cc1OC. The Hall–Kier alpha value is -1.22. The molecular formula is C17H26O3. The molecule has 0 aliphatic carbocycles. The molecule has 2 atom stereocenters. The van der Waals surface area contributed by atoms with Gasteiger partial charge >= 0.3 is 0 Å². The zero-order valence-electron chi connectivity index (χ0n) is 13.2. The van der Waals surface area contributed by atoms with Gasteiger partial charge in [-0.3, -0.25) is 0 Å². The second-order valence-electron chi connectivity index (χ2n) is 6.31. The van der Waals surface area contributed by atoms with Crippen LogP contribution in [0, 0.1) is 5.41 Å². The molecule has 1 aliphatic rings. The van der Waals surface area contributed by atoms with Crippen molar-refractivity contribution in [1.82, 2.24) is 0 Å². The molecule has 20 heavy (non-hydrogen) atoms. The van der Waals surface area contributed by atoms with Gasteiger partial charge in [0.1, 0.15) is 0 Å². The summed E-state index contributed by atoms with van der Waals surface area (Å²) in [6, 6.07) is 6.12. The molecule has 1 heterocycles. The van der Waals surface area contributed by atoms with E-state index in [-0.39, 0.29) is 17.6 Å². The monoisotopic (exact) mass is 278 g/mol. The molecule has 3 nitrogen and oxygen atoms in total. The molecule has 0 radical (unpaired) electrons. The normalized spacial score (nSPS) is 21.9. The van der Waals surface area contributed by atoms with Crippen LogP contribution in [0.3, 0.4) is 0 Å². The van der Waals surface area contributed by atoms with E-state index in [4.69, 9.17) is 14.2 Å². The van der Waals surface area contributed by atoms with E-state index in [1.54, 1.807) is 7.11 Å². The summed E-state index contributed by atoms with van der Waals surface area (Å²) in [4.78, 5) is 0. The van der Waals surface area contributed by atoms with Crippen LogP contribution in [0.15, 0.2) is 18.2 Å². The summed E-state index contributed by atoms with van der Waals surface area (Å²) in [5, 5.41) is 0. The number of hydrogen-bond acceptors (Lipinski definition) is 3. The highest BCUT2D eigenvalue weighted by Crippen LogP contribution is 2.47. The van der Waals surface area contributed by atoms with Gasteiger partial charge in [0.05, 0.1) is 25.9 Å². The Balaban J connectivity index is 2.16. The van der Waals surface area contributed by atoms with Crippen molar-refractivity contribution in [2.24, 2.45) is 5.41 Å². The number of rotatable bonds is 6. The molecule has 0 bridgehead atoms. The van der Waals surface area contributed by atoms with Crippen molar-refractivity contribution in [3.8, 4) is 11.5 Å². The van der Waals surface area contributed by atoms with Crippen LogP contribution in [0.25, 0.3) is 0 Å². The lowest BCUT2D eigenvalue weighted by Crippen LogP contribution is -2.40. The molecule has 1 saturated heterocycles. The van der Waals surface area contributed by atoms with Crippen LogP contribution in [0.5, 0.6) is 11.5 Å². The van der Waals surface area contributed by atoms with Crippen LogP contribution in [-0.2, 0) is 4.74 Å². The molecule has 2 unspecified atom stereocenters. The van der Waals surface area contributed by atoms with Crippen LogP contribution in [0.2, 0.25) is 0 Å². The fourth-order valence-corrected chi connectivity index (χ4v) is 2.67. The first-order valence-corrected chi connectivity index (χ1v) is 7.44. The highest BCUT2D eigenvalue weighted by molar-refractivity contribution is 5.44. The van der Waals surface area contributed by atoms with Gasteiger partial charge in [0, 0.05) is 5.41 Å². The maximum absolute atomic E-state index is 5.95. The average Bonchev–Trinajstić information content (AvgIpc) is 2.39. The zero-order valence-corrected chi connectivity index (χ0v) is 13.2. The van der Waals surface area contributed by atoms with Gasteiger partial charge < -0.3 is 14.2 Å². The average molecular weight is 278 g/mol. The molecule has 0 spiro atoms. The van der Waals surface area contributed by atoms with Crippen LogP contribution < -0.4 is 9.47 Å². The Morgan fingerprint density at radius 1 is 1.35 bits per heavy atom. The van der Waals surface area contributed by atoms with Crippen molar-refractivity contribution in [3.05, 3.63) is 23.8 Å². The Morgan fingerprint density at radius 3 is 2.60 bits per heavy atom. The maximum atomic E-state index is 5.95. The Morgan fingerprint density at radius 2 is 2.10 bits per heavy atom. The predicted octanol–water partition coefficient (Wildman–Crippen LogP) is 4.36. The van der Waals surface area contributed by atoms with Gasteiger partial charge in [0.25, 0.3) is 0 Å². The molecule has 0 amide bonds. The summed E-state index contributed by atoms with van der Waals surface area (Å²) in [5.74, 6) is 1.60. The van der Waals surface area contributed by atoms with Crippen molar-refractivity contribution in [2.45, 2.75) is 52.7 Å². The topological polar surface area (TPSA) is 27.7 Å². The van der Waals surface area contributed by atoms with Crippen molar-refractivity contribution < 1.29 is 14.2 Å². The highest BCUT2D eigenvalue weighted by Gasteiger charge is 2.41. The standard InChI is InChI=1S/C17H26O3/c1-6-7-12(2)20-14-9-8-13(10-15(14)18-5)16-17(3,4)11-19-16/h8-10,12,16H,6-7,11H2,1-5H3. The van der Waals surface area contributed by atoms with Crippen molar-refractivity contribution in [3.63, 3.8) is 0 Å². The summed E-state index contributed by atoms with van der Waals surface area (Å²) < 4.78 is 17.1. The van der Waals surface area contributed by atoms with E-state index in [2.05, 4.69) is 33.8 Å². The number of benzene rings is 1. The lowest BCUT2D eigenvalue weighted by molar-refractivity contribution is -0.172. The third-order valence-electron chi connectivity index (χ3n) is 3.85. The van der Waals surface area contributed by atoms with Crippen LogP contribution in [0.4, 0.5) is 0 Å². The fraction of sp³-hybridized carbons (Fsp3) is 0.647. The fourth-order valence-electron chi connectivity index (χ4n) is 2.67. The number of methoxy groups -OCH3 is 1. The quantitative estimate of drug-likeness (QED) is 0.773. The molecular weight excluding hydrogens is 252 g/mol. The van der Waals surface area contributed by atoms with Crippen molar-refractivity contribution in [2.75, 3.05) is 13.7 Å². The lowest BCUT2D eigenvalue weighted by Gasteiger charge is -2.44. The van der Waals surface area contributed by atoms with E-state index in [0.717, 1.165) is 36.5 Å². The Labute approximate surface area is 122 Å². The van der Waals surface area contributed by atoms with Crippen molar-refractivity contribution >= 4 is 0 Å². The molecule has 0 aromatic heterocycles. The van der Waals surface area contributed by atoms with Gasteiger partial charge in [-0.25, -0.2) is 0 Å². The molecule has 0 saturated carbocycles. The molecule has 112 valence electrons. The van der Waals surface area contributed by atoms with Gasteiger partial charge in [0.15, 0.2) is 11.5 Å². The second-order valence-corrected chi connectivity index (χ2v) is 6.31. The molecule has 1 aromatic carbocycles. The first-order chi connectivity index (χ1) is 9.47. The first-order valence-electron chi connectivity index (χ1n) is 7.44. The summed E-state index contributed by atoms with van der Waals surface area (Å²) >= 11 is 0. The van der Waals surface area contributed by atoms with E-state index in [1.165, 1.54) is 0 Å². The lowest BCUT2D eigenvalue weighted by atomic mass is 9.79. The molecule has 0 N–H and O–H groups in total. The van der Waals surface area contributed by atoms with E-state index in [0.29, 0.717) is 0 Å². The summed E-state index contributed by atoms with van der Waals surface area (Å²) in [6.07, 6.45) is 2.52. The minimum Gasteiger partial charge on any atom is -0.493 e. The zero-order chi connectivity index (χ0) is 14.8. The molecule has 1 aromatic rings. The summed E-state index contributed by atoms with van der Waals surface area (Å²) in [5.41, 5.74) is 1.36. The van der Waals surface area contributed by atoms with Gasteiger partial charge in [-0.1, -0.05) is 33.3 Å². The first kappa shape index (κ1) is 15.2. The van der Waals surface area contributed by atoms with Gasteiger partial charge in [-0.05, 0) is 31.0 Å². The minimum atomic E-state index is 0.151. The minimum absolute atomic E-state index is 0.151. The second kappa shape index (κ2) is 6.04. The van der Waals surface area contributed by atoms with Crippen molar-refractivity contribution in [1.29, 1.82) is 0 Å². The summed E-state index contributed by atoms with van der Waals surface area (Å²) in [7, 11) is 1.68. The predicted molar refractivity (Wildman–Crippen MR) is 80.5 cm³/mol. The van der Waals surface area contributed by atoms with Crippen LogP contribution >= 0.6 is 0 Å². The summed E-state index contributed by atoms with van der Waals surface area (Å²) in [6.45, 7) is 9.51. The molecule has 1 aliphatic heterocycles. The Bertz CT molecular complexity index is 454.